The summed E-state index contributed by atoms with van der Waals surface area (Å²) in [7, 11) is -3.62. The number of aromatic amines is 1. The van der Waals surface area contributed by atoms with Gasteiger partial charge in [0.25, 0.3) is 10.0 Å². The Morgan fingerprint density at radius 2 is 2.22 bits per heavy atom. The number of rotatable bonds is 4. The van der Waals surface area contributed by atoms with Crippen molar-refractivity contribution >= 4 is 15.7 Å². The lowest BCUT2D eigenvalue weighted by atomic mass is 10.1. The molecule has 0 radical (unpaired) electrons. The predicted molar refractivity (Wildman–Crippen MR) is 68.5 cm³/mol. The molecule has 18 heavy (non-hydrogen) atoms. The number of aryl methyl sites for hydroxylation is 1. The molecule has 4 N–H and O–H groups in total. The summed E-state index contributed by atoms with van der Waals surface area (Å²) in [5.74, 6) is 0. The Balaban J connectivity index is 2.39. The van der Waals surface area contributed by atoms with Crippen LogP contribution < -0.4 is 10.5 Å². The van der Waals surface area contributed by atoms with Crippen molar-refractivity contribution in [2.45, 2.75) is 18.4 Å². The van der Waals surface area contributed by atoms with E-state index in [1.165, 1.54) is 12.4 Å². The lowest BCUT2D eigenvalue weighted by molar-refractivity contribution is 0.601. The van der Waals surface area contributed by atoms with E-state index in [1.54, 1.807) is 12.1 Å². The summed E-state index contributed by atoms with van der Waals surface area (Å²) < 4.78 is 26.6. The molecule has 0 amide bonds. The molecule has 96 valence electrons. The van der Waals surface area contributed by atoms with Crippen LogP contribution in [0.4, 0.5) is 5.69 Å². The Hall–Kier alpha value is -1.86. The van der Waals surface area contributed by atoms with Gasteiger partial charge in [0, 0.05) is 12.7 Å². The van der Waals surface area contributed by atoms with Gasteiger partial charge in [-0.2, -0.15) is 5.10 Å². The molecule has 7 heteroatoms. The molecule has 0 spiro atoms. The van der Waals surface area contributed by atoms with Crippen LogP contribution in [0.15, 0.2) is 35.5 Å². The fourth-order valence-electron chi connectivity index (χ4n) is 1.66. The van der Waals surface area contributed by atoms with E-state index in [0.717, 1.165) is 11.1 Å². The molecule has 0 atom stereocenters. The number of hydrogen-bond acceptors (Lipinski definition) is 4. The number of nitrogens with two attached hydrogens (primary N) is 1. The van der Waals surface area contributed by atoms with Gasteiger partial charge in [0.05, 0.1) is 11.9 Å². The molecule has 0 aliphatic carbocycles. The van der Waals surface area contributed by atoms with Crippen molar-refractivity contribution in [1.82, 2.24) is 10.2 Å². The van der Waals surface area contributed by atoms with Crippen LogP contribution in [0, 0.1) is 6.92 Å². The van der Waals surface area contributed by atoms with E-state index in [-0.39, 0.29) is 11.4 Å². The van der Waals surface area contributed by atoms with Crippen LogP contribution in [-0.4, -0.2) is 18.6 Å². The van der Waals surface area contributed by atoms with Crippen molar-refractivity contribution in [3.8, 4) is 0 Å². The number of H-pyrrole nitrogens is 1. The maximum absolute atomic E-state index is 12.0. The van der Waals surface area contributed by atoms with Crippen LogP contribution in [0.2, 0.25) is 0 Å². The van der Waals surface area contributed by atoms with Crippen molar-refractivity contribution < 1.29 is 8.42 Å². The van der Waals surface area contributed by atoms with Gasteiger partial charge < -0.3 is 5.73 Å². The first kappa shape index (κ1) is 12.6. The van der Waals surface area contributed by atoms with Gasteiger partial charge in [0.15, 0.2) is 0 Å². The highest BCUT2D eigenvalue weighted by Gasteiger charge is 2.17. The fourth-order valence-corrected chi connectivity index (χ4v) is 2.66. The molecule has 0 unspecified atom stereocenters. The second-order valence-electron chi connectivity index (χ2n) is 3.84. The molecule has 6 nitrogen and oxygen atoms in total. The first-order chi connectivity index (χ1) is 8.54. The molecule has 0 fully saturated rings. The molecule has 0 aliphatic heterocycles. The molecular formula is C11H14N4O2S. The SMILES string of the molecule is Cc1cccc(NS(=O)(=O)c2cn[nH]c2)c1CN. The summed E-state index contributed by atoms with van der Waals surface area (Å²) in [5, 5.41) is 6.09. The highest BCUT2D eigenvalue weighted by atomic mass is 32.2. The number of aromatic nitrogens is 2. The quantitative estimate of drug-likeness (QED) is 0.767. The van der Waals surface area contributed by atoms with Crippen LogP contribution in [0.1, 0.15) is 11.1 Å². The smallest absolute Gasteiger partial charge is 0.265 e. The van der Waals surface area contributed by atoms with Gasteiger partial charge in [-0.05, 0) is 24.1 Å². The van der Waals surface area contributed by atoms with Crippen LogP contribution in [0.5, 0.6) is 0 Å². The minimum absolute atomic E-state index is 0.0898. The van der Waals surface area contributed by atoms with E-state index in [2.05, 4.69) is 14.9 Å². The zero-order valence-electron chi connectivity index (χ0n) is 9.84. The van der Waals surface area contributed by atoms with Crippen LogP contribution in [0.3, 0.4) is 0 Å². The van der Waals surface area contributed by atoms with E-state index in [4.69, 9.17) is 5.73 Å². The first-order valence-electron chi connectivity index (χ1n) is 5.35. The van der Waals surface area contributed by atoms with Gasteiger partial charge in [-0.15, -0.1) is 0 Å². The maximum atomic E-state index is 12.0. The zero-order valence-corrected chi connectivity index (χ0v) is 10.7. The number of benzene rings is 1. The van der Waals surface area contributed by atoms with Gasteiger partial charge in [-0.1, -0.05) is 12.1 Å². The summed E-state index contributed by atoms with van der Waals surface area (Å²) >= 11 is 0. The predicted octanol–water partition coefficient (Wildman–Crippen LogP) is 0.978. The molecule has 1 aromatic heterocycles. The van der Waals surface area contributed by atoms with Crippen molar-refractivity contribution in [3.05, 3.63) is 41.7 Å². The number of hydrogen-bond donors (Lipinski definition) is 3. The summed E-state index contributed by atoms with van der Waals surface area (Å²) in [4.78, 5) is 0.0898. The van der Waals surface area contributed by atoms with Gasteiger partial charge in [-0.25, -0.2) is 8.42 Å². The molecule has 0 saturated heterocycles. The second-order valence-corrected chi connectivity index (χ2v) is 5.53. The second kappa shape index (κ2) is 4.79. The van der Waals surface area contributed by atoms with Crippen molar-refractivity contribution in [3.63, 3.8) is 0 Å². The number of anilines is 1. The largest absolute Gasteiger partial charge is 0.326 e. The van der Waals surface area contributed by atoms with E-state index in [0.29, 0.717) is 5.69 Å². The molecule has 2 rings (SSSR count). The van der Waals surface area contributed by atoms with Gasteiger partial charge in [-0.3, -0.25) is 9.82 Å². The Kier molecular flexibility index (Phi) is 3.35. The first-order valence-corrected chi connectivity index (χ1v) is 6.83. The van der Waals surface area contributed by atoms with Crippen LogP contribution in [0.25, 0.3) is 0 Å². The lowest BCUT2D eigenvalue weighted by Crippen LogP contribution is -2.15. The van der Waals surface area contributed by atoms with Crippen molar-refractivity contribution in [2.75, 3.05) is 4.72 Å². The monoisotopic (exact) mass is 266 g/mol. The highest BCUT2D eigenvalue weighted by Crippen LogP contribution is 2.22. The molecule has 1 heterocycles. The van der Waals surface area contributed by atoms with E-state index in [1.807, 2.05) is 13.0 Å². The summed E-state index contributed by atoms with van der Waals surface area (Å²) in [5.41, 5.74) is 7.87. The van der Waals surface area contributed by atoms with E-state index in [9.17, 15) is 8.42 Å². The summed E-state index contributed by atoms with van der Waals surface area (Å²) in [6.07, 6.45) is 2.57. The van der Waals surface area contributed by atoms with Crippen LogP contribution >= 0.6 is 0 Å². The molecule has 0 aliphatic rings. The number of sulfonamides is 1. The van der Waals surface area contributed by atoms with Gasteiger partial charge in [0.1, 0.15) is 4.90 Å². The average molecular weight is 266 g/mol. The maximum Gasteiger partial charge on any atom is 0.265 e. The van der Waals surface area contributed by atoms with Crippen LogP contribution in [-0.2, 0) is 16.6 Å². The van der Waals surface area contributed by atoms with Crippen molar-refractivity contribution in [1.29, 1.82) is 0 Å². The summed E-state index contributed by atoms with van der Waals surface area (Å²) in [6, 6.07) is 5.35. The molecular weight excluding hydrogens is 252 g/mol. The third kappa shape index (κ3) is 2.36. The van der Waals surface area contributed by atoms with Crippen molar-refractivity contribution in [2.24, 2.45) is 5.73 Å². The summed E-state index contributed by atoms with van der Waals surface area (Å²) in [6.45, 7) is 2.16. The molecule has 1 aromatic carbocycles. The third-order valence-corrected chi connectivity index (χ3v) is 3.97. The number of nitrogens with zero attached hydrogens (tertiary/aromatic N) is 1. The normalized spacial score (nSPS) is 11.4. The Morgan fingerprint density at radius 1 is 1.44 bits per heavy atom. The molecule has 2 aromatic rings. The minimum atomic E-state index is -3.62. The average Bonchev–Trinajstić information content (AvgIpc) is 2.83. The van der Waals surface area contributed by atoms with E-state index < -0.39 is 10.0 Å². The van der Waals surface area contributed by atoms with E-state index >= 15 is 0 Å². The minimum Gasteiger partial charge on any atom is -0.326 e. The Morgan fingerprint density at radius 3 is 2.83 bits per heavy atom. The lowest BCUT2D eigenvalue weighted by Gasteiger charge is -2.12. The Bertz CT molecular complexity index is 635. The van der Waals surface area contributed by atoms with Gasteiger partial charge in [0.2, 0.25) is 0 Å². The fraction of sp³-hybridized carbons (Fsp3) is 0.182. The zero-order chi connectivity index (χ0) is 13.2. The molecule has 0 bridgehead atoms. The topological polar surface area (TPSA) is 101 Å². The highest BCUT2D eigenvalue weighted by molar-refractivity contribution is 7.92. The van der Waals surface area contributed by atoms with Gasteiger partial charge >= 0.3 is 0 Å². The standard InChI is InChI=1S/C11H14N4O2S/c1-8-3-2-4-11(10(8)5-12)15-18(16,17)9-6-13-14-7-9/h2-4,6-7,15H,5,12H2,1H3,(H,13,14). The molecule has 0 saturated carbocycles. The Labute approximate surface area is 105 Å². The third-order valence-electron chi connectivity index (χ3n) is 2.64. The number of nitrogens with one attached hydrogen (secondary N) is 2.